The predicted octanol–water partition coefficient (Wildman–Crippen LogP) is 4.19. The van der Waals surface area contributed by atoms with Gasteiger partial charge < -0.3 is 10.2 Å². The summed E-state index contributed by atoms with van der Waals surface area (Å²) in [5.41, 5.74) is 3.05. The summed E-state index contributed by atoms with van der Waals surface area (Å²) in [5, 5.41) is 2.69. The number of pyridine rings is 1. The molecular weight excluding hydrogens is 369 g/mol. The van der Waals surface area contributed by atoms with Gasteiger partial charge in [-0.1, -0.05) is 31.2 Å². The van der Waals surface area contributed by atoms with Gasteiger partial charge >= 0.3 is 0 Å². The molecule has 3 aromatic rings. The minimum absolute atomic E-state index is 0.0115. The summed E-state index contributed by atoms with van der Waals surface area (Å²) in [6.45, 7) is 2.09. The van der Waals surface area contributed by atoms with E-state index in [2.05, 4.69) is 10.3 Å². The fourth-order valence-electron chi connectivity index (χ4n) is 2.92. The third-order valence-electron chi connectivity index (χ3n) is 4.65. The van der Waals surface area contributed by atoms with Gasteiger partial charge in [0.1, 0.15) is 5.82 Å². The van der Waals surface area contributed by atoms with Crippen molar-refractivity contribution in [3.63, 3.8) is 0 Å². The molecule has 0 bridgehead atoms. The van der Waals surface area contributed by atoms with Crippen molar-refractivity contribution in [1.29, 1.82) is 0 Å². The number of amides is 2. The number of anilines is 1. The first-order chi connectivity index (χ1) is 14.0. The van der Waals surface area contributed by atoms with Gasteiger partial charge in [0.15, 0.2) is 0 Å². The zero-order valence-electron chi connectivity index (χ0n) is 16.4. The van der Waals surface area contributed by atoms with E-state index in [1.807, 2.05) is 37.3 Å². The van der Waals surface area contributed by atoms with Crippen LogP contribution in [0.2, 0.25) is 0 Å². The van der Waals surface area contributed by atoms with E-state index >= 15 is 0 Å². The summed E-state index contributed by atoms with van der Waals surface area (Å²) >= 11 is 0. The van der Waals surface area contributed by atoms with Gasteiger partial charge in [-0.15, -0.1) is 0 Å². The number of carbonyl (C=O) groups is 2. The second-order valence-corrected chi connectivity index (χ2v) is 6.59. The van der Waals surface area contributed by atoms with Crippen LogP contribution in [-0.4, -0.2) is 23.8 Å². The van der Waals surface area contributed by atoms with Crippen LogP contribution < -0.4 is 10.2 Å². The van der Waals surface area contributed by atoms with E-state index in [0.717, 1.165) is 16.8 Å². The minimum atomic E-state index is -0.589. The maximum atomic E-state index is 14.5. The topological polar surface area (TPSA) is 62.3 Å². The number of halogens is 1. The number of nitrogens with zero attached hydrogens (tertiary/aromatic N) is 2. The standard InChI is InChI=1S/C23H22FN3O2/c1-3-22(28)27(2)19-9-6-17(7-10-19)18-8-11-20(21(24)13-18)23(29)26-15-16-5-4-12-25-14-16/h4-14H,3,15H2,1-2H3,(H,26,29). The smallest absolute Gasteiger partial charge is 0.254 e. The van der Waals surface area contributed by atoms with Crippen molar-refractivity contribution >= 4 is 17.5 Å². The Labute approximate surface area is 169 Å². The van der Waals surface area contributed by atoms with E-state index in [4.69, 9.17) is 0 Å². The lowest BCUT2D eigenvalue weighted by molar-refractivity contribution is -0.118. The maximum absolute atomic E-state index is 14.5. The van der Waals surface area contributed by atoms with Gasteiger partial charge in [0.25, 0.3) is 5.91 Å². The lowest BCUT2D eigenvalue weighted by atomic mass is 10.0. The molecule has 0 aliphatic heterocycles. The molecule has 5 nitrogen and oxygen atoms in total. The quantitative estimate of drug-likeness (QED) is 0.685. The van der Waals surface area contributed by atoms with E-state index in [1.165, 1.54) is 12.1 Å². The Morgan fingerprint density at radius 1 is 1.07 bits per heavy atom. The van der Waals surface area contributed by atoms with Crippen molar-refractivity contribution in [3.8, 4) is 11.1 Å². The third-order valence-corrected chi connectivity index (χ3v) is 4.65. The second kappa shape index (κ2) is 9.10. The Bertz CT molecular complexity index is 1000. The molecule has 0 radical (unpaired) electrons. The molecule has 3 rings (SSSR count). The molecule has 0 saturated heterocycles. The average Bonchev–Trinajstić information content (AvgIpc) is 2.77. The molecule has 29 heavy (non-hydrogen) atoms. The third kappa shape index (κ3) is 4.85. The van der Waals surface area contributed by atoms with Gasteiger partial charge in [0, 0.05) is 38.1 Å². The van der Waals surface area contributed by atoms with Crippen molar-refractivity contribution in [2.24, 2.45) is 0 Å². The van der Waals surface area contributed by atoms with Gasteiger partial charge in [-0.05, 0) is 47.0 Å². The van der Waals surface area contributed by atoms with Crippen LogP contribution in [0.3, 0.4) is 0 Å². The highest BCUT2D eigenvalue weighted by Gasteiger charge is 2.13. The number of benzene rings is 2. The highest BCUT2D eigenvalue weighted by Crippen LogP contribution is 2.25. The largest absolute Gasteiger partial charge is 0.348 e. The summed E-state index contributed by atoms with van der Waals surface area (Å²) in [5.74, 6) is -1.05. The number of aromatic nitrogens is 1. The molecule has 0 spiro atoms. The number of carbonyl (C=O) groups excluding carboxylic acids is 2. The summed E-state index contributed by atoms with van der Waals surface area (Å²) < 4.78 is 14.5. The highest BCUT2D eigenvalue weighted by molar-refractivity contribution is 5.95. The zero-order valence-corrected chi connectivity index (χ0v) is 16.4. The van der Waals surface area contributed by atoms with E-state index in [-0.39, 0.29) is 18.0 Å². The Balaban J connectivity index is 1.72. The molecular formula is C23H22FN3O2. The van der Waals surface area contributed by atoms with Gasteiger partial charge in [-0.25, -0.2) is 4.39 Å². The monoisotopic (exact) mass is 391 g/mol. The molecule has 1 heterocycles. The lowest BCUT2D eigenvalue weighted by Gasteiger charge is -2.17. The molecule has 6 heteroatoms. The molecule has 148 valence electrons. The SMILES string of the molecule is CCC(=O)N(C)c1ccc(-c2ccc(C(=O)NCc3cccnc3)c(F)c2)cc1. The lowest BCUT2D eigenvalue weighted by Crippen LogP contribution is -2.24. The van der Waals surface area contributed by atoms with Crippen molar-refractivity contribution in [3.05, 3.63) is 83.9 Å². The molecule has 1 N–H and O–H groups in total. The Morgan fingerprint density at radius 3 is 2.41 bits per heavy atom. The van der Waals surface area contributed by atoms with Crippen LogP contribution >= 0.6 is 0 Å². The van der Waals surface area contributed by atoms with Crippen LogP contribution in [0.15, 0.2) is 67.0 Å². The molecule has 2 aromatic carbocycles. The molecule has 0 fully saturated rings. The van der Waals surface area contributed by atoms with E-state index in [1.54, 1.807) is 36.5 Å². The number of rotatable bonds is 6. The van der Waals surface area contributed by atoms with Crippen LogP contribution in [-0.2, 0) is 11.3 Å². The van der Waals surface area contributed by atoms with Crippen molar-refractivity contribution < 1.29 is 14.0 Å². The van der Waals surface area contributed by atoms with Crippen molar-refractivity contribution in [2.75, 3.05) is 11.9 Å². The summed E-state index contributed by atoms with van der Waals surface area (Å²) in [6, 6.07) is 15.4. The molecule has 0 atom stereocenters. The van der Waals surface area contributed by atoms with Gasteiger partial charge in [-0.3, -0.25) is 14.6 Å². The van der Waals surface area contributed by atoms with Crippen LogP contribution in [0, 0.1) is 5.82 Å². The number of nitrogens with one attached hydrogen (secondary N) is 1. The average molecular weight is 391 g/mol. The summed E-state index contributed by atoms with van der Waals surface area (Å²) in [4.78, 5) is 29.6. The van der Waals surface area contributed by atoms with E-state index in [0.29, 0.717) is 12.0 Å². The molecule has 0 aliphatic carbocycles. The summed E-state index contributed by atoms with van der Waals surface area (Å²) in [6.07, 6.45) is 3.72. The molecule has 0 aliphatic rings. The van der Waals surface area contributed by atoms with E-state index < -0.39 is 11.7 Å². The first kappa shape index (κ1) is 20.2. The van der Waals surface area contributed by atoms with Crippen LogP contribution in [0.5, 0.6) is 0 Å². The highest BCUT2D eigenvalue weighted by atomic mass is 19.1. The van der Waals surface area contributed by atoms with Gasteiger partial charge in [0.2, 0.25) is 5.91 Å². The maximum Gasteiger partial charge on any atom is 0.254 e. The summed E-state index contributed by atoms with van der Waals surface area (Å²) in [7, 11) is 1.72. The Hall–Kier alpha value is -3.54. The van der Waals surface area contributed by atoms with Crippen LogP contribution in [0.25, 0.3) is 11.1 Å². The van der Waals surface area contributed by atoms with Crippen molar-refractivity contribution in [2.45, 2.75) is 19.9 Å². The second-order valence-electron chi connectivity index (χ2n) is 6.59. The predicted molar refractivity (Wildman–Crippen MR) is 111 cm³/mol. The fraction of sp³-hybridized carbons (Fsp3) is 0.174. The van der Waals surface area contributed by atoms with E-state index in [9.17, 15) is 14.0 Å². The molecule has 0 unspecified atom stereocenters. The first-order valence-electron chi connectivity index (χ1n) is 9.33. The van der Waals surface area contributed by atoms with Gasteiger partial charge in [-0.2, -0.15) is 0 Å². The first-order valence-corrected chi connectivity index (χ1v) is 9.33. The Morgan fingerprint density at radius 2 is 1.79 bits per heavy atom. The normalized spacial score (nSPS) is 10.4. The molecule has 1 aromatic heterocycles. The van der Waals surface area contributed by atoms with Crippen LogP contribution in [0.1, 0.15) is 29.3 Å². The minimum Gasteiger partial charge on any atom is -0.348 e. The van der Waals surface area contributed by atoms with Crippen LogP contribution in [0.4, 0.5) is 10.1 Å². The van der Waals surface area contributed by atoms with Crippen molar-refractivity contribution in [1.82, 2.24) is 10.3 Å². The molecule has 2 amide bonds. The fourth-order valence-corrected chi connectivity index (χ4v) is 2.92. The molecule has 0 saturated carbocycles. The van der Waals surface area contributed by atoms with Gasteiger partial charge in [0.05, 0.1) is 5.56 Å². The Kier molecular flexibility index (Phi) is 6.34. The number of hydrogen-bond donors (Lipinski definition) is 1. The zero-order chi connectivity index (χ0) is 20.8. The number of hydrogen-bond acceptors (Lipinski definition) is 3.